The van der Waals surface area contributed by atoms with Gasteiger partial charge in [-0.1, -0.05) is 15.9 Å². The number of hydrogen-bond acceptors (Lipinski definition) is 3. The normalized spacial score (nSPS) is 11.1. The summed E-state index contributed by atoms with van der Waals surface area (Å²) in [6.45, 7) is 4.15. The van der Waals surface area contributed by atoms with Gasteiger partial charge in [0.05, 0.1) is 4.92 Å². The molecule has 0 aliphatic heterocycles. The van der Waals surface area contributed by atoms with E-state index in [1.807, 2.05) is 0 Å². The van der Waals surface area contributed by atoms with Crippen LogP contribution in [0.4, 0.5) is 5.69 Å². The van der Waals surface area contributed by atoms with Crippen LogP contribution in [0.5, 0.6) is 5.75 Å². The summed E-state index contributed by atoms with van der Waals surface area (Å²) in [5.41, 5.74) is 0.0839. The van der Waals surface area contributed by atoms with Gasteiger partial charge < -0.3 is 4.43 Å². The van der Waals surface area contributed by atoms with Crippen LogP contribution in [0, 0.1) is 10.1 Å². The van der Waals surface area contributed by atoms with E-state index in [2.05, 4.69) is 29.0 Å². The Labute approximate surface area is 97.7 Å². The number of nitrogens with zero attached hydrogens (tertiary/aromatic N) is 1. The molecule has 0 spiro atoms. The highest BCUT2D eigenvalue weighted by molar-refractivity contribution is 9.09. The highest BCUT2D eigenvalue weighted by atomic mass is 79.9. The van der Waals surface area contributed by atoms with Crippen molar-refractivity contribution in [2.75, 3.05) is 4.95 Å². The van der Waals surface area contributed by atoms with Crippen molar-refractivity contribution in [2.45, 2.75) is 13.1 Å². The summed E-state index contributed by atoms with van der Waals surface area (Å²) in [5, 5.41) is 10.4. The molecule has 0 radical (unpaired) electrons. The van der Waals surface area contributed by atoms with Crippen LogP contribution < -0.4 is 4.43 Å². The lowest BCUT2D eigenvalue weighted by Crippen LogP contribution is -2.36. The predicted molar refractivity (Wildman–Crippen MR) is 65.0 cm³/mol. The Kier molecular flexibility index (Phi) is 3.87. The second-order valence-electron chi connectivity index (χ2n) is 3.75. The van der Waals surface area contributed by atoms with Crippen LogP contribution in [0.1, 0.15) is 0 Å². The van der Waals surface area contributed by atoms with Gasteiger partial charge in [-0.25, -0.2) is 0 Å². The van der Waals surface area contributed by atoms with Gasteiger partial charge in [-0.3, -0.25) is 10.1 Å². The van der Waals surface area contributed by atoms with Gasteiger partial charge in [0.15, 0.2) is 0 Å². The van der Waals surface area contributed by atoms with Crippen LogP contribution in [0.25, 0.3) is 0 Å². The first-order valence-electron chi connectivity index (χ1n) is 4.44. The average Bonchev–Trinajstić information content (AvgIpc) is 2.18. The third-order valence-corrected chi connectivity index (χ3v) is 7.25. The molecule has 1 aromatic carbocycles. The summed E-state index contributed by atoms with van der Waals surface area (Å²) in [6, 6.07) is 6.17. The zero-order valence-corrected chi connectivity index (χ0v) is 11.2. The number of halogens is 1. The molecule has 0 bridgehead atoms. The quantitative estimate of drug-likeness (QED) is 0.370. The topological polar surface area (TPSA) is 52.4 Å². The SMILES string of the molecule is C[Si](C)(CBr)Oc1ccc([N+](=O)[O-])cc1. The van der Waals surface area contributed by atoms with Crippen molar-refractivity contribution in [3.05, 3.63) is 34.4 Å². The van der Waals surface area contributed by atoms with Crippen molar-refractivity contribution in [1.29, 1.82) is 0 Å². The fourth-order valence-corrected chi connectivity index (χ4v) is 2.15. The summed E-state index contributed by atoms with van der Waals surface area (Å²) < 4.78 is 5.76. The maximum absolute atomic E-state index is 10.4. The molecule has 0 unspecified atom stereocenters. The van der Waals surface area contributed by atoms with Crippen LogP contribution >= 0.6 is 15.9 Å². The van der Waals surface area contributed by atoms with Crippen LogP contribution in [0.15, 0.2) is 24.3 Å². The summed E-state index contributed by atoms with van der Waals surface area (Å²) in [6.07, 6.45) is 0. The van der Waals surface area contributed by atoms with Gasteiger partial charge in [-0.15, -0.1) is 0 Å². The maximum atomic E-state index is 10.4. The second kappa shape index (κ2) is 4.76. The molecule has 0 heterocycles. The zero-order valence-electron chi connectivity index (χ0n) is 8.57. The van der Waals surface area contributed by atoms with E-state index >= 15 is 0 Å². The lowest BCUT2D eigenvalue weighted by molar-refractivity contribution is -0.384. The molecule has 6 heteroatoms. The molecule has 0 saturated heterocycles. The average molecular weight is 290 g/mol. The lowest BCUT2D eigenvalue weighted by atomic mass is 10.3. The van der Waals surface area contributed by atoms with E-state index in [0.29, 0.717) is 5.75 Å². The maximum Gasteiger partial charge on any atom is 0.269 e. The first kappa shape index (κ1) is 12.2. The van der Waals surface area contributed by atoms with Crippen LogP contribution in [0.3, 0.4) is 0 Å². The Morgan fingerprint density at radius 2 is 1.93 bits per heavy atom. The van der Waals surface area contributed by atoms with Crippen LogP contribution in [-0.4, -0.2) is 18.2 Å². The van der Waals surface area contributed by atoms with Crippen LogP contribution in [-0.2, 0) is 0 Å². The summed E-state index contributed by atoms with van der Waals surface area (Å²) in [5.74, 6) is 0.691. The molecular weight excluding hydrogens is 278 g/mol. The Morgan fingerprint density at radius 3 is 2.33 bits per heavy atom. The largest absolute Gasteiger partial charge is 0.543 e. The molecule has 0 aromatic heterocycles. The molecule has 0 aliphatic carbocycles. The smallest absolute Gasteiger partial charge is 0.269 e. The van der Waals surface area contributed by atoms with Crippen molar-refractivity contribution < 1.29 is 9.35 Å². The van der Waals surface area contributed by atoms with Crippen LogP contribution in [0.2, 0.25) is 13.1 Å². The molecule has 0 amide bonds. The third kappa shape index (κ3) is 3.64. The lowest BCUT2D eigenvalue weighted by Gasteiger charge is -2.21. The number of alkyl halides is 1. The van der Waals surface area contributed by atoms with Crippen molar-refractivity contribution >= 4 is 29.9 Å². The van der Waals surface area contributed by atoms with E-state index in [4.69, 9.17) is 4.43 Å². The van der Waals surface area contributed by atoms with E-state index in [1.165, 1.54) is 12.1 Å². The molecule has 82 valence electrons. The minimum Gasteiger partial charge on any atom is -0.543 e. The van der Waals surface area contributed by atoms with Crippen molar-refractivity contribution in [3.8, 4) is 5.75 Å². The molecule has 0 saturated carbocycles. The molecule has 15 heavy (non-hydrogen) atoms. The number of hydrogen-bond donors (Lipinski definition) is 0. The Morgan fingerprint density at radius 1 is 1.40 bits per heavy atom. The highest BCUT2D eigenvalue weighted by Gasteiger charge is 2.22. The van der Waals surface area contributed by atoms with E-state index in [-0.39, 0.29) is 5.69 Å². The monoisotopic (exact) mass is 289 g/mol. The fraction of sp³-hybridized carbons (Fsp3) is 0.333. The molecule has 0 fully saturated rings. The molecule has 0 N–H and O–H groups in total. The van der Waals surface area contributed by atoms with Crippen molar-refractivity contribution in [2.24, 2.45) is 0 Å². The molecule has 1 rings (SSSR count). The number of benzene rings is 1. The highest BCUT2D eigenvalue weighted by Crippen LogP contribution is 2.20. The summed E-state index contributed by atoms with van der Waals surface area (Å²) >= 11 is 3.39. The predicted octanol–water partition coefficient (Wildman–Crippen LogP) is 3.11. The van der Waals surface area contributed by atoms with Crippen molar-refractivity contribution in [3.63, 3.8) is 0 Å². The minimum atomic E-state index is -1.72. The second-order valence-corrected chi connectivity index (χ2v) is 9.42. The van der Waals surface area contributed by atoms with E-state index < -0.39 is 13.2 Å². The van der Waals surface area contributed by atoms with Crippen molar-refractivity contribution in [1.82, 2.24) is 0 Å². The molecule has 0 aliphatic rings. The first-order valence-corrected chi connectivity index (χ1v) is 8.68. The fourth-order valence-electron chi connectivity index (χ4n) is 0.982. The van der Waals surface area contributed by atoms with E-state index in [9.17, 15) is 10.1 Å². The number of nitro groups is 1. The molecule has 0 atom stereocenters. The summed E-state index contributed by atoms with van der Waals surface area (Å²) in [7, 11) is -1.72. The molecular formula is C9H12BrNO3Si. The van der Waals surface area contributed by atoms with Gasteiger partial charge in [0.2, 0.25) is 0 Å². The molecule has 4 nitrogen and oxygen atoms in total. The Hall–Kier alpha value is -0.883. The Balaban J connectivity index is 2.77. The van der Waals surface area contributed by atoms with Gasteiger partial charge in [-0.2, -0.15) is 0 Å². The minimum absolute atomic E-state index is 0.0839. The third-order valence-electron chi connectivity index (χ3n) is 1.76. The Bertz CT molecular complexity index is 353. The molecule has 1 aromatic rings. The number of rotatable bonds is 4. The van der Waals surface area contributed by atoms with Gasteiger partial charge >= 0.3 is 0 Å². The number of nitro benzene ring substituents is 1. The van der Waals surface area contributed by atoms with Gasteiger partial charge in [-0.05, 0) is 25.2 Å². The van der Waals surface area contributed by atoms with E-state index in [1.54, 1.807) is 12.1 Å². The summed E-state index contributed by atoms with van der Waals surface area (Å²) in [4.78, 5) is 10.8. The van der Waals surface area contributed by atoms with E-state index in [0.717, 1.165) is 4.95 Å². The van der Waals surface area contributed by atoms with Gasteiger partial charge in [0.1, 0.15) is 5.75 Å². The van der Waals surface area contributed by atoms with Gasteiger partial charge in [0, 0.05) is 17.1 Å². The number of non-ortho nitro benzene ring substituents is 1. The standard InChI is InChI=1S/C9H12BrNO3Si/c1-15(2,7-10)14-9-5-3-8(4-6-9)11(12)13/h3-6H,7H2,1-2H3. The van der Waals surface area contributed by atoms with Gasteiger partial charge in [0.25, 0.3) is 14.0 Å². The zero-order chi connectivity index (χ0) is 11.5. The first-order chi connectivity index (χ1) is 6.94.